The van der Waals surface area contributed by atoms with Gasteiger partial charge in [-0.3, -0.25) is 4.79 Å². The summed E-state index contributed by atoms with van der Waals surface area (Å²) in [7, 11) is 0. The number of carboxylic acid groups (broad SMARTS) is 1. The van der Waals surface area contributed by atoms with Crippen molar-refractivity contribution in [2.24, 2.45) is 0 Å². The molecule has 1 fully saturated rings. The molecule has 0 aliphatic carbocycles. The standard InChI is InChI=1S/C13H16N2O3/c1-8(15-12(16)11-6-7-14-11)9-2-4-10(5-3-9)13(17)18/h2-5,8,11,14H,6-7H2,1H3,(H,15,16)(H,17,18)/t8-,11?/m0/s1. The molecule has 96 valence electrons. The van der Waals surface area contributed by atoms with Crippen LogP contribution in [0.25, 0.3) is 0 Å². The minimum Gasteiger partial charge on any atom is -0.478 e. The van der Waals surface area contributed by atoms with Gasteiger partial charge in [0, 0.05) is 0 Å². The normalized spacial score (nSPS) is 19.7. The van der Waals surface area contributed by atoms with E-state index in [0.29, 0.717) is 0 Å². The minimum absolute atomic E-state index is 0.00365. The zero-order chi connectivity index (χ0) is 13.1. The Labute approximate surface area is 105 Å². The molecule has 1 aliphatic heterocycles. The smallest absolute Gasteiger partial charge is 0.335 e. The Hall–Kier alpha value is -1.88. The van der Waals surface area contributed by atoms with E-state index in [0.717, 1.165) is 18.5 Å². The van der Waals surface area contributed by atoms with Crippen LogP contribution in [0.2, 0.25) is 0 Å². The van der Waals surface area contributed by atoms with E-state index in [-0.39, 0.29) is 23.6 Å². The molecule has 5 nitrogen and oxygen atoms in total. The Kier molecular flexibility index (Phi) is 3.62. The Morgan fingerprint density at radius 2 is 2.00 bits per heavy atom. The summed E-state index contributed by atoms with van der Waals surface area (Å²) in [6, 6.07) is 6.34. The van der Waals surface area contributed by atoms with Crippen molar-refractivity contribution in [2.75, 3.05) is 6.54 Å². The van der Waals surface area contributed by atoms with Crippen molar-refractivity contribution >= 4 is 11.9 Å². The van der Waals surface area contributed by atoms with Crippen molar-refractivity contribution in [2.45, 2.75) is 25.4 Å². The van der Waals surface area contributed by atoms with Crippen LogP contribution in [0, 0.1) is 0 Å². The molecule has 18 heavy (non-hydrogen) atoms. The highest BCUT2D eigenvalue weighted by Gasteiger charge is 2.25. The number of carboxylic acids is 1. The van der Waals surface area contributed by atoms with Gasteiger partial charge in [-0.15, -0.1) is 0 Å². The predicted octanol–water partition coefficient (Wildman–Crippen LogP) is 0.924. The lowest BCUT2D eigenvalue weighted by Crippen LogP contribution is -2.53. The maximum absolute atomic E-state index is 11.7. The molecule has 0 bridgehead atoms. The fourth-order valence-electron chi connectivity index (χ4n) is 1.82. The molecule has 5 heteroatoms. The Balaban J connectivity index is 1.97. The number of hydrogen-bond donors (Lipinski definition) is 3. The van der Waals surface area contributed by atoms with Gasteiger partial charge in [-0.1, -0.05) is 12.1 Å². The molecule has 1 heterocycles. The number of rotatable bonds is 4. The molecule has 1 unspecified atom stereocenters. The van der Waals surface area contributed by atoms with E-state index in [1.165, 1.54) is 0 Å². The van der Waals surface area contributed by atoms with Gasteiger partial charge in [0.15, 0.2) is 0 Å². The van der Waals surface area contributed by atoms with E-state index >= 15 is 0 Å². The molecule has 1 amide bonds. The van der Waals surface area contributed by atoms with Gasteiger partial charge in [0.05, 0.1) is 17.6 Å². The highest BCUT2D eigenvalue weighted by Crippen LogP contribution is 2.14. The molecule has 0 spiro atoms. The van der Waals surface area contributed by atoms with Gasteiger partial charge >= 0.3 is 5.97 Å². The van der Waals surface area contributed by atoms with Crippen molar-refractivity contribution < 1.29 is 14.7 Å². The first-order chi connectivity index (χ1) is 8.58. The van der Waals surface area contributed by atoms with Gasteiger partial charge < -0.3 is 15.7 Å². The number of carbonyl (C=O) groups excluding carboxylic acids is 1. The number of hydrogen-bond acceptors (Lipinski definition) is 3. The number of nitrogens with one attached hydrogen (secondary N) is 2. The second-order valence-corrected chi connectivity index (χ2v) is 4.45. The number of carbonyl (C=O) groups is 2. The Bertz CT molecular complexity index is 452. The van der Waals surface area contributed by atoms with Crippen LogP contribution in [0.5, 0.6) is 0 Å². The number of aromatic carboxylic acids is 1. The molecule has 1 aliphatic rings. The van der Waals surface area contributed by atoms with Gasteiger partial charge in [0.1, 0.15) is 0 Å². The van der Waals surface area contributed by atoms with E-state index in [4.69, 9.17) is 5.11 Å². The molecule has 1 aromatic rings. The molecule has 0 radical (unpaired) electrons. The summed E-state index contributed by atoms with van der Waals surface area (Å²) in [5.41, 5.74) is 1.14. The van der Waals surface area contributed by atoms with Crippen LogP contribution in [-0.4, -0.2) is 29.6 Å². The molecule has 3 N–H and O–H groups in total. The minimum atomic E-state index is -0.947. The van der Waals surface area contributed by atoms with Crippen molar-refractivity contribution in [3.8, 4) is 0 Å². The van der Waals surface area contributed by atoms with E-state index in [1.54, 1.807) is 24.3 Å². The SMILES string of the molecule is C[C@H](NC(=O)C1CCN1)c1ccc(C(=O)O)cc1. The van der Waals surface area contributed by atoms with Crippen molar-refractivity contribution in [3.63, 3.8) is 0 Å². The zero-order valence-electron chi connectivity index (χ0n) is 10.1. The second-order valence-electron chi connectivity index (χ2n) is 4.45. The molecule has 0 aromatic heterocycles. The summed E-state index contributed by atoms with van der Waals surface area (Å²) in [5.74, 6) is -0.951. The molecular weight excluding hydrogens is 232 g/mol. The third-order valence-corrected chi connectivity index (χ3v) is 3.16. The van der Waals surface area contributed by atoms with Crippen LogP contribution in [0.1, 0.15) is 35.3 Å². The van der Waals surface area contributed by atoms with E-state index in [1.807, 2.05) is 6.92 Å². The van der Waals surface area contributed by atoms with Crippen LogP contribution in [0.3, 0.4) is 0 Å². The van der Waals surface area contributed by atoms with Crippen LogP contribution < -0.4 is 10.6 Å². The predicted molar refractivity (Wildman–Crippen MR) is 66.4 cm³/mol. The molecule has 2 atom stereocenters. The summed E-state index contributed by atoms with van der Waals surface area (Å²) in [6.45, 7) is 2.77. The van der Waals surface area contributed by atoms with Gasteiger partial charge in [0.25, 0.3) is 0 Å². The highest BCUT2D eigenvalue weighted by molar-refractivity contribution is 5.87. The largest absolute Gasteiger partial charge is 0.478 e. The van der Waals surface area contributed by atoms with Gasteiger partial charge in [-0.05, 0) is 37.6 Å². The maximum Gasteiger partial charge on any atom is 0.335 e. The first-order valence-corrected chi connectivity index (χ1v) is 5.95. The van der Waals surface area contributed by atoms with Gasteiger partial charge in [-0.2, -0.15) is 0 Å². The molecule has 1 aromatic carbocycles. The second kappa shape index (κ2) is 5.18. The maximum atomic E-state index is 11.7. The topological polar surface area (TPSA) is 78.4 Å². The highest BCUT2D eigenvalue weighted by atomic mass is 16.4. The molecule has 2 rings (SSSR count). The third kappa shape index (κ3) is 2.68. The average Bonchev–Trinajstić information content (AvgIpc) is 2.26. The molecule has 0 saturated carbocycles. The Morgan fingerprint density at radius 3 is 2.44 bits per heavy atom. The average molecular weight is 248 g/mol. The van der Waals surface area contributed by atoms with Crippen LogP contribution in [-0.2, 0) is 4.79 Å². The molecule has 1 saturated heterocycles. The third-order valence-electron chi connectivity index (χ3n) is 3.16. The van der Waals surface area contributed by atoms with Crippen LogP contribution >= 0.6 is 0 Å². The summed E-state index contributed by atoms with van der Waals surface area (Å²) >= 11 is 0. The Morgan fingerprint density at radius 1 is 1.39 bits per heavy atom. The van der Waals surface area contributed by atoms with Crippen LogP contribution in [0.4, 0.5) is 0 Å². The van der Waals surface area contributed by atoms with E-state index in [2.05, 4.69) is 10.6 Å². The van der Waals surface area contributed by atoms with Crippen molar-refractivity contribution in [1.82, 2.24) is 10.6 Å². The fourth-order valence-corrected chi connectivity index (χ4v) is 1.82. The first kappa shape index (κ1) is 12.6. The lowest BCUT2D eigenvalue weighted by molar-refractivity contribution is -0.125. The summed E-state index contributed by atoms with van der Waals surface area (Å²) in [5, 5.41) is 14.7. The van der Waals surface area contributed by atoms with Crippen LogP contribution in [0.15, 0.2) is 24.3 Å². The van der Waals surface area contributed by atoms with E-state index in [9.17, 15) is 9.59 Å². The lowest BCUT2D eigenvalue weighted by atomic mass is 10.0. The number of amides is 1. The fraction of sp³-hybridized carbons (Fsp3) is 0.385. The van der Waals surface area contributed by atoms with Crippen molar-refractivity contribution in [1.29, 1.82) is 0 Å². The van der Waals surface area contributed by atoms with E-state index < -0.39 is 5.97 Å². The molecular formula is C13H16N2O3. The first-order valence-electron chi connectivity index (χ1n) is 5.95. The lowest BCUT2D eigenvalue weighted by Gasteiger charge is -2.28. The quantitative estimate of drug-likeness (QED) is 0.740. The number of benzene rings is 1. The summed E-state index contributed by atoms with van der Waals surface area (Å²) in [4.78, 5) is 22.4. The zero-order valence-corrected chi connectivity index (χ0v) is 10.1. The summed E-state index contributed by atoms with van der Waals surface area (Å²) in [6.07, 6.45) is 0.872. The van der Waals surface area contributed by atoms with Gasteiger partial charge in [-0.25, -0.2) is 4.79 Å². The van der Waals surface area contributed by atoms with Gasteiger partial charge in [0.2, 0.25) is 5.91 Å². The monoisotopic (exact) mass is 248 g/mol. The summed E-state index contributed by atoms with van der Waals surface area (Å²) < 4.78 is 0. The van der Waals surface area contributed by atoms with Crippen molar-refractivity contribution in [3.05, 3.63) is 35.4 Å².